The van der Waals surface area contributed by atoms with Crippen LogP contribution in [0, 0.1) is 5.92 Å². The summed E-state index contributed by atoms with van der Waals surface area (Å²) < 4.78 is 51.5. The van der Waals surface area contributed by atoms with Gasteiger partial charge in [-0.1, -0.05) is 24.3 Å². The molecule has 1 aliphatic carbocycles. The summed E-state index contributed by atoms with van der Waals surface area (Å²) in [5.41, 5.74) is 1.82. The molecule has 0 bridgehead atoms. The highest BCUT2D eigenvalue weighted by Gasteiger charge is 2.34. The van der Waals surface area contributed by atoms with Gasteiger partial charge in [-0.25, -0.2) is 4.68 Å². The molecule has 7 nitrogen and oxygen atoms in total. The monoisotopic (exact) mass is 529 g/mol. The molecule has 1 saturated heterocycles. The minimum Gasteiger partial charge on any atom is -0.469 e. The second-order valence-corrected chi connectivity index (χ2v) is 10.1. The Labute approximate surface area is 218 Å². The predicted octanol–water partition coefficient (Wildman–Crippen LogP) is 5.42. The van der Waals surface area contributed by atoms with Gasteiger partial charge >= 0.3 is 12.1 Å². The van der Waals surface area contributed by atoms with E-state index in [0.29, 0.717) is 43.2 Å². The van der Waals surface area contributed by atoms with E-state index in [1.54, 1.807) is 4.68 Å². The summed E-state index contributed by atoms with van der Waals surface area (Å²) in [5.74, 6) is -0.399. The first-order chi connectivity index (χ1) is 18.2. The van der Waals surface area contributed by atoms with Crippen molar-refractivity contribution >= 4 is 22.8 Å². The number of amides is 1. The van der Waals surface area contributed by atoms with Crippen LogP contribution in [-0.2, 0) is 26.9 Å². The highest BCUT2D eigenvalue weighted by atomic mass is 19.4. The number of ether oxygens (including phenoxy) is 2. The van der Waals surface area contributed by atoms with E-state index in [-0.39, 0.29) is 35.8 Å². The van der Waals surface area contributed by atoms with Crippen LogP contribution in [0.2, 0.25) is 0 Å². The fourth-order valence-corrected chi connectivity index (χ4v) is 5.33. The summed E-state index contributed by atoms with van der Waals surface area (Å²) in [6.07, 6.45) is 0.0872. The van der Waals surface area contributed by atoms with Crippen LogP contribution >= 0.6 is 0 Å². The van der Waals surface area contributed by atoms with Crippen LogP contribution in [0.3, 0.4) is 0 Å². The van der Waals surface area contributed by atoms with Crippen molar-refractivity contribution in [3.8, 4) is 0 Å². The van der Waals surface area contributed by atoms with Gasteiger partial charge in [0, 0.05) is 24.5 Å². The minimum atomic E-state index is -4.40. The van der Waals surface area contributed by atoms with Gasteiger partial charge in [-0.15, -0.1) is 0 Å². The maximum Gasteiger partial charge on any atom is 0.416 e. The van der Waals surface area contributed by atoms with E-state index in [0.717, 1.165) is 42.5 Å². The van der Waals surface area contributed by atoms with E-state index in [4.69, 9.17) is 14.6 Å². The number of halogens is 3. The lowest BCUT2D eigenvalue weighted by molar-refractivity contribution is -0.142. The summed E-state index contributed by atoms with van der Waals surface area (Å²) in [4.78, 5) is 25.0. The number of nitrogens with one attached hydrogen (secondary N) is 1. The zero-order valence-corrected chi connectivity index (χ0v) is 21.1. The summed E-state index contributed by atoms with van der Waals surface area (Å²) >= 11 is 0. The molecule has 202 valence electrons. The molecule has 1 saturated carbocycles. The molecule has 2 aromatic carbocycles. The highest BCUT2D eigenvalue weighted by molar-refractivity contribution is 6.06. The second kappa shape index (κ2) is 10.8. The number of fused-ring (bicyclic) bond motifs is 1. The molecule has 3 aromatic rings. The summed E-state index contributed by atoms with van der Waals surface area (Å²) in [5, 5.41) is 8.43. The van der Waals surface area contributed by atoms with Crippen LogP contribution in [0.5, 0.6) is 0 Å². The van der Waals surface area contributed by atoms with Gasteiger partial charge in [0.15, 0.2) is 11.9 Å². The molecule has 5 rings (SSSR count). The number of carbonyl (C=O) groups excluding carboxylic acids is 2. The maximum absolute atomic E-state index is 13.5. The number of aromatic nitrogens is 2. The third-order valence-corrected chi connectivity index (χ3v) is 7.39. The third kappa shape index (κ3) is 5.55. The molecule has 0 radical (unpaired) electrons. The summed E-state index contributed by atoms with van der Waals surface area (Å²) in [6.45, 7) is 0.614. The molecule has 1 aliphatic heterocycles. The van der Waals surface area contributed by atoms with Crippen LogP contribution in [0.4, 0.5) is 13.2 Å². The van der Waals surface area contributed by atoms with Crippen LogP contribution in [0.15, 0.2) is 42.5 Å². The first-order valence-electron chi connectivity index (χ1n) is 12.9. The highest BCUT2D eigenvalue weighted by Crippen LogP contribution is 2.34. The molecule has 10 heteroatoms. The molecule has 2 heterocycles. The van der Waals surface area contributed by atoms with Gasteiger partial charge in [0.2, 0.25) is 0 Å². The molecule has 1 atom stereocenters. The van der Waals surface area contributed by atoms with Crippen molar-refractivity contribution in [2.45, 2.75) is 63.4 Å². The number of methoxy groups -OCH3 is 1. The van der Waals surface area contributed by atoms with E-state index in [1.165, 1.54) is 19.2 Å². The number of hydrogen-bond acceptors (Lipinski definition) is 5. The molecule has 1 aromatic heterocycles. The Balaban J connectivity index is 1.43. The zero-order chi connectivity index (χ0) is 26.9. The first kappa shape index (κ1) is 26.2. The maximum atomic E-state index is 13.5. The molecular formula is C28H30F3N3O4. The molecule has 1 N–H and O–H groups in total. The Morgan fingerprint density at radius 2 is 1.89 bits per heavy atom. The van der Waals surface area contributed by atoms with Crippen LogP contribution in [0.1, 0.15) is 71.9 Å². The van der Waals surface area contributed by atoms with Gasteiger partial charge in [0.1, 0.15) is 0 Å². The Kier molecular flexibility index (Phi) is 7.43. The number of rotatable bonds is 7. The SMILES string of the molecule is COC(=O)CC1CC(NC(=O)c2nn(C3CCCCO3)c3cccc(Cc4ccc(C(F)(F)F)cc4)c23)C1. The normalized spacial score (nSPS) is 21.6. The fraction of sp³-hybridized carbons (Fsp3) is 0.464. The van der Waals surface area contributed by atoms with E-state index in [1.807, 2.05) is 18.2 Å². The van der Waals surface area contributed by atoms with Gasteiger partial charge in [-0.2, -0.15) is 18.3 Å². The average Bonchev–Trinajstić information content (AvgIpc) is 3.28. The smallest absolute Gasteiger partial charge is 0.416 e. The largest absolute Gasteiger partial charge is 0.469 e. The molecule has 2 fully saturated rings. The second-order valence-electron chi connectivity index (χ2n) is 10.1. The van der Waals surface area contributed by atoms with Crippen molar-refractivity contribution in [1.82, 2.24) is 15.1 Å². The van der Waals surface area contributed by atoms with Gasteiger partial charge in [-0.3, -0.25) is 9.59 Å². The Bertz CT molecular complexity index is 1310. The van der Waals surface area contributed by atoms with Crippen molar-refractivity contribution in [2.24, 2.45) is 5.92 Å². The lowest BCUT2D eigenvalue weighted by atomic mass is 9.78. The number of benzene rings is 2. The molecule has 0 spiro atoms. The summed E-state index contributed by atoms with van der Waals surface area (Å²) in [6, 6.07) is 10.6. The number of hydrogen-bond donors (Lipinski definition) is 1. The van der Waals surface area contributed by atoms with E-state index in [2.05, 4.69) is 5.32 Å². The predicted molar refractivity (Wildman–Crippen MR) is 133 cm³/mol. The topological polar surface area (TPSA) is 82.5 Å². The minimum absolute atomic E-state index is 0.0645. The Morgan fingerprint density at radius 3 is 2.55 bits per heavy atom. The first-order valence-corrected chi connectivity index (χ1v) is 12.9. The quantitative estimate of drug-likeness (QED) is 0.414. The molecule has 1 unspecified atom stereocenters. The molecular weight excluding hydrogens is 499 g/mol. The van der Waals surface area contributed by atoms with Gasteiger partial charge in [0.05, 0.1) is 18.2 Å². The van der Waals surface area contributed by atoms with Crippen molar-refractivity contribution < 1.29 is 32.2 Å². The Hall–Kier alpha value is -3.40. The lowest BCUT2D eigenvalue weighted by Gasteiger charge is -2.35. The Morgan fingerprint density at radius 1 is 1.13 bits per heavy atom. The van der Waals surface area contributed by atoms with Crippen molar-refractivity contribution in [3.05, 3.63) is 64.8 Å². The van der Waals surface area contributed by atoms with E-state index < -0.39 is 11.7 Å². The number of esters is 1. The van der Waals surface area contributed by atoms with E-state index >= 15 is 0 Å². The number of nitrogens with zero attached hydrogens (tertiary/aromatic N) is 2. The van der Waals surface area contributed by atoms with Crippen LogP contribution in [-0.4, -0.2) is 41.4 Å². The number of alkyl halides is 3. The zero-order valence-electron chi connectivity index (χ0n) is 21.1. The van der Waals surface area contributed by atoms with Crippen molar-refractivity contribution in [3.63, 3.8) is 0 Å². The van der Waals surface area contributed by atoms with Crippen LogP contribution < -0.4 is 5.32 Å². The van der Waals surface area contributed by atoms with Gasteiger partial charge < -0.3 is 14.8 Å². The fourth-order valence-electron chi connectivity index (χ4n) is 5.33. The number of carbonyl (C=O) groups is 2. The van der Waals surface area contributed by atoms with Crippen LogP contribution in [0.25, 0.3) is 10.9 Å². The standard InChI is InChI=1S/C28H30F3N3O4/c1-37-24(35)16-18-14-21(15-18)32-27(36)26-25-19(13-17-8-10-20(11-9-17)28(29,30)31)5-4-6-22(25)34(33-26)23-7-2-3-12-38-23/h4-6,8-11,18,21,23H,2-3,7,12-16H2,1H3,(H,32,36). The van der Waals surface area contributed by atoms with Crippen molar-refractivity contribution in [2.75, 3.05) is 13.7 Å². The lowest BCUT2D eigenvalue weighted by Crippen LogP contribution is -2.45. The third-order valence-electron chi connectivity index (χ3n) is 7.39. The molecule has 38 heavy (non-hydrogen) atoms. The van der Waals surface area contributed by atoms with E-state index in [9.17, 15) is 22.8 Å². The van der Waals surface area contributed by atoms with Gasteiger partial charge in [-0.05, 0) is 73.8 Å². The average molecular weight is 530 g/mol. The molecule has 1 amide bonds. The summed E-state index contributed by atoms with van der Waals surface area (Å²) in [7, 11) is 1.36. The van der Waals surface area contributed by atoms with Crippen molar-refractivity contribution in [1.29, 1.82) is 0 Å². The van der Waals surface area contributed by atoms with Gasteiger partial charge in [0.25, 0.3) is 5.91 Å². The molecule has 2 aliphatic rings.